The minimum absolute atomic E-state index is 0.0468. The van der Waals surface area contributed by atoms with Gasteiger partial charge in [-0.05, 0) is 30.5 Å². The van der Waals surface area contributed by atoms with Crippen molar-refractivity contribution in [3.05, 3.63) is 64.4 Å². The molecule has 2 aromatic carbocycles. The number of fused-ring (bicyclic) bond motifs is 1. The molecule has 3 aromatic rings. The monoisotopic (exact) mass is 267 g/mol. The molecule has 1 amide bonds. The molecule has 1 aromatic heterocycles. The molecule has 0 spiro atoms. The lowest BCUT2D eigenvalue weighted by Crippen LogP contribution is -2.10. The highest BCUT2D eigenvalue weighted by molar-refractivity contribution is 7.14. The Labute approximate surface area is 115 Å². The summed E-state index contributed by atoms with van der Waals surface area (Å²) in [5.74, 6) is -0.0468. The predicted molar refractivity (Wildman–Crippen MR) is 81.0 cm³/mol. The molecule has 0 saturated heterocycles. The lowest BCUT2D eigenvalue weighted by molar-refractivity contribution is 0.103. The van der Waals surface area contributed by atoms with Gasteiger partial charge >= 0.3 is 0 Å². The van der Waals surface area contributed by atoms with Gasteiger partial charge in [-0.15, -0.1) is 11.3 Å². The quantitative estimate of drug-likeness (QED) is 0.729. The average molecular weight is 267 g/mol. The van der Waals surface area contributed by atoms with Crippen LogP contribution >= 0.6 is 11.3 Å². The lowest BCUT2D eigenvalue weighted by atomic mass is 10.1. The van der Waals surface area contributed by atoms with Crippen LogP contribution in [0.3, 0.4) is 0 Å². The number of carbonyl (C=O) groups excluding carboxylic acids is 1. The average Bonchev–Trinajstić information content (AvgIpc) is 2.86. The molecule has 2 nitrogen and oxygen atoms in total. The van der Waals surface area contributed by atoms with E-state index in [9.17, 15) is 4.79 Å². The van der Waals surface area contributed by atoms with Crippen molar-refractivity contribution in [1.29, 1.82) is 0 Å². The van der Waals surface area contributed by atoms with Crippen LogP contribution in [0.4, 0.5) is 5.69 Å². The van der Waals surface area contributed by atoms with Crippen LogP contribution in [0, 0.1) is 6.92 Å². The van der Waals surface area contributed by atoms with Gasteiger partial charge in [-0.1, -0.05) is 36.4 Å². The summed E-state index contributed by atoms with van der Waals surface area (Å²) < 4.78 is 0. The summed E-state index contributed by atoms with van der Waals surface area (Å²) in [6.45, 7) is 2.00. The van der Waals surface area contributed by atoms with Crippen LogP contribution in [0.25, 0.3) is 10.8 Å². The minimum atomic E-state index is -0.0468. The third-order valence-electron chi connectivity index (χ3n) is 3.00. The van der Waals surface area contributed by atoms with E-state index in [1.807, 2.05) is 61.5 Å². The van der Waals surface area contributed by atoms with Crippen LogP contribution in [0.15, 0.2) is 54.6 Å². The fraction of sp³-hybridized carbons (Fsp3) is 0.0625. The van der Waals surface area contributed by atoms with Crippen molar-refractivity contribution in [1.82, 2.24) is 0 Å². The number of carbonyl (C=O) groups is 1. The van der Waals surface area contributed by atoms with E-state index in [4.69, 9.17) is 0 Å². The third kappa shape index (κ3) is 2.37. The summed E-state index contributed by atoms with van der Waals surface area (Å²) in [6, 6.07) is 17.8. The lowest BCUT2D eigenvalue weighted by Gasteiger charge is -2.07. The van der Waals surface area contributed by atoms with E-state index < -0.39 is 0 Å². The van der Waals surface area contributed by atoms with Crippen LogP contribution in [-0.4, -0.2) is 5.91 Å². The van der Waals surface area contributed by atoms with Crippen molar-refractivity contribution in [2.75, 3.05) is 5.32 Å². The molecule has 3 rings (SSSR count). The summed E-state index contributed by atoms with van der Waals surface area (Å²) in [5.41, 5.74) is 0.856. The molecule has 0 bridgehead atoms. The van der Waals surface area contributed by atoms with E-state index in [0.717, 1.165) is 26.2 Å². The first-order valence-electron chi connectivity index (χ1n) is 6.09. The molecule has 1 heterocycles. The van der Waals surface area contributed by atoms with Crippen molar-refractivity contribution in [3.8, 4) is 0 Å². The zero-order valence-corrected chi connectivity index (χ0v) is 11.3. The van der Waals surface area contributed by atoms with Gasteiger partial charge < -0.3 is 5.32 Å². The maximum Gasteiger partial charge on any atom is 0.265 e. The minimum Gasteiger partial charge on any atom is -0.321 e. The summed E-state index contributed by atoms with van der Waals surface area (Å²) in [5, 5.41) is 5.18. The molecule has 1 N–H and O–H groups in total. The largest absolute Gasteiger partial charge is 0.321 e. The first-order chi connectivity index (χ1) is 9.24. The maximum absolute atomic E-state index is 12.2. The van der Waals surface area contributed by atoms with Crippen LogP contribution < -0.4 is 5.32 Å². The van der Waals surface area contributed by atoms with E-state index >= 15 is 0 Å². The molecule has 0 fully saturated rings. The Balaban J connectivity index is 1.95. The van der Waals surface area contributed by atoms with Gasteiger partial charge in [-0.2, -0.15) is 0 Å². The smallest absolute Gasteiger partial charge is 0.265 e. The summed E-state index contributed by atoms with van der Waals surface area (Å²) in [7, 11) is 0. The predicted octanol–water partition coefficient (Wildman–Crippen LogP) is 4.46. The van der Waals surface area contributed by atoms with Crippen molar-refractivity contribution in [2.45, 2.75) is 6.92 Å². The second kappa shape index (κ2) is 4.86. The zero-order chi connectivity index (χ0) is 13.2. The number of hydrogen-bond acceptors (Lipinski definition) is 2. The Morgan fingerprint density at radius 2 is 1.79 bits per heavy atom. The molecule has 94 valence electrons. The fourth-order valence-corrected chi connectivity index (χ4v) is 2.84. The molecule has 0 radical (unpaired) electrons. The van der Waals surface area contributed by atoms with Crippen molar-refractivity contribution in [3.63, 3.8) is 0 Å². The van der Waals surface area contributed by atoms with E-state index in [0.29, 0.717) is 0 Å². The molecule has 0 aliphatic rings. The van der Waals surface area contributed by atoms with Gasteiger partial charge in [0.15, 0.2) is 0 Å². The molecular formula is C16H13NOS. The normalized spacial score (nSPS) is 10.6. The van der Waals surface area contributed by atoms with Gasteiger partial charge in [0.1, 0.15) is 0 Å². The van der Waals surface area contributed by atoms with Crippen LogP contribution in [0.2, 0.25) is 0 Å². The van der Waals surface area contributed by atoms with Crippen molar-refractivity contribution >= 4 is 33.7 Å². The topological polar surface area (TPSA) is 29.1 Å². The number of anilines is 1. The van der Waals surface area contributed by atoms with E-state index in [1.54, 1.807) is 0 Å². The highest BCUT2D eigenvalue weighted by Gasteiger charge is 2.09. The molecule has 19 heavy (non-hydrogen) atoms. The second-order valence-corrected chi connectivity index (χ2v) is 5.68. The summed E-state index contributed by atoms with van der Waals surface area (Å²) in [6.07, 6.45) is 0. The number of amides is 1. The van der Waals surface area contributed by atoms with E-state index in [2.05, 4.69) is 5.32 Å². The van der Waals surface area contributed by atoms with Gasteiger partial charge in [0.25, 0.3) is 5.91 Å². The molecule has 0 unspecified atom stereocenters. The number of benzene rings is 2. The Kier molecular flexibility index (Phi) is 3.05. The van der Waals surface area contributed by atoms with E-state index in [-0.39, 0.29) is 5.91 Å². The van der Waals surface area contributed by atoms with Gasteiger partial charge in [-0.3, -0.25) is 4.79 Å². The first-order valence-corrected chi connectivity index (χ1v) is 6.91. The second-order valence-electron chi connectivity index (χ2n) is 4.39. The highest BCUT2D eigenvalue weighted by Crippen LogP contribution is 2.24. The van der Waals surface area contributed by atoms with Crippen LogP contribution in [-0.2, 0) is 0 Å². The number of aryl methyl sites for hydroxylation is 1. The van der Waals surface area contributed by atoms with Crippen molar-refractivity contribution in [2.24, 2.45) is 0 Å². The molecule has 3 heteroatoms. The maximum atomic E-state index is 12.2. The third-order valence-corrected chi connectivity index (χ3v) is 4.00. The molecule has 0 aliphatic heterocycles. The van der Waals surface area contributed by atoms with Gasteiger partial charge in [0.2, 0.25) is 0 Å². The van der Waals surface area contributed by atoms with E-state index in [1.165, 1.54) is 11.3 Å². The highest BCUT2D eigenvalue weighted by atomic mass is 32.1. The summed E-state index contributed by atoms with van der Waals surface area (Å²) in [4.78, 5) is 14.1. The van der Waals surface area contributed by atoms with Gasteiger partial charge in [0.05, 0.1) is 4.88 Å². The molecular weight excluding hydrogens is 254 g/mol. The number of thiophene rings is 1. The van der Waals surface area contributed by atoms with Crippen LogP contribution in [0.5, 0.6) is 0 Å². The fourth-order valence-electron chi connectivity index (χ4n) is 2.07. The molecule has 0 atom stereocenters. The molecule has 0 saturated carbocycles. The zero-order valence-electron chi connectivity index (χ0n) is 10.5. The number of hydrogen-bond donors (Lipinski definition) is 1. The summed E-state index contributed by atoms with van der Waals surface area (Å²) >= 11 is 1.51. The Bertz CT molecular complexity index is 740. The van der Waals surface area contributed by atoms with Gasteiger partial charge in [-0.25, -0.2) is 0 Å². The number of nitrogens with one attached hydrogen (secondary N) is 1. The Morgan fingerprint density at radius 1 is 1.00 bits per heavy atom. The SMILES string of the molecule is Cc1ccc(C(=O)Nc2cccc3ccccc23)s1. The Morgan fingerprint density at radius 3 is 2.58 bits per heavy atom. The standard InChI is InChI=1S/C16H13NOS/c1-11-9-10-15(19-11)16(18)17-14-8-4-6-12-5-2-3-7-13(12)14/h2-10H,1H3,(H,17,18). The molecule has 0 aliphatic carbocycles. The van der Waals surface area contributed by atoms with Crippen molar-refractivity contribution < 1.29 is 4.79 Å². The Hall–Kier alpha value is -2.13. The van der Waals surface area contributed by atoms with Crippen LogP contribution in [0.1, 0.15) is 14.5 Å². The van der Waals surface area contributed by atoms with Gasteiger partial charge in [0, 0.05) is 16.0 Å². The number of rotatable bonds is 2. The first kappa shape index (κ1) is 11.9.